The van der Waals surface area contributed by atoms with E-state index in [9.17, 15) is 0 Å². The Kier molecular flexibility index (Phi) is 1.62. The molecular formula is C8H15N2O+. The van der Waals surface area contributed by atoms with Gasteiger partial charge >= 0.3 is 0 Å². The molecule has 2 rings (SSSR count). The first-order chi connectivity index (χ1) is 5.31. The summed E-state index contributed by atoms with van der Waals surface area (Å²) < 4.78 is 0. The second-order valence-electron chi connectivity index (χ2n) is 3.63. The molecule has 0 amide bonds. The fourth-order valence-corrected chi connectivity index (χ4v) is 2.28. The Bertz CT molecular complexity index is 191. The van der Waals surface area contributed by atoms with Crippen LogP contribution in [0.4, 0.5) is 0 Å². The highest BCUT2D eigenvalue weighted by molar-refractivity contribution is 5.08. The van der Waals surface area contributed by atoms with Crippen molar-refractivity contribution in [3.63, 3.8) is 0 Å². The highest BCUT2D eigenvalue weighted by Gasteiger charge is 2.37. The van der Waals surface area contributed by atoms with Gasteiger partial charge in [-0.05, 0) is 6.08 Å². The van der Waals surface area contributed by atoms with Gasteiger partial charge in [-0.15, -0.1) is 0 Å². The van der Waals surface area contributed by atoms with E-state index in [1.54, 1.807) is 4.90 Å². The molecule has 62 valence electrons. The van der Waals surface area contributed by atoms with Crippen molar-refractivity contribution in [1.29, 1.82) is 0 Å². The average Bonchev–Trinajstić information content (AvgIpc) is 2.26. The first-order valence-corrected chi connectivity index (χ1v) is 4.25. The van der Waals surface area contributed by atoms with Crippen LogP contribution >= 0.6 is 0 Å². The molecule has 0 radical (unpaired) electrons. The minimum Gasteiger partial charge on any atom is -0.329 e. The summed E-state index contributed by atoms with van der Waals surface area (Å²) in [6.45, 7) is 0. The summed E-state index contributed by atoms with van der Waals surface area (Å²) in [5.74, 6) is 0. The summed E-state index contributed by atoms with van der Waals surface area (Å²) >= 11 is 0. The van der Waals surface area contributed by atoms with Gasteiger partial charge in [0, 0.05) is 25.0 Å². The SMILES string of the molecule is C[NH+]1[C@@H]2CC[C@H]1C=C(NO)C2. The number of quaternary nitrogens is 1. The summed E-state index contributed by atoms with van der Waals surface area (Å²) in [5, 5.41) is 8.71. The van der Waals surface area contributed by atoms with E-state index < -0.39 is 0 Å². The summed E-state index contributed by atoms with van der Waals surface area (Å²) in [4.78, 5) is 1.61. The van der Waals surface area contributed by atoms with Crippen LogP contribution in [0.3, 0.4) is 0 Å². The molecule has 2 heterocycles. The van der Waals surface area contributed by atoms with E-state index >= 15 is 0 Å². The summed E-state index contributed by atoms with van der Waals surface area (Å²) in [7, 11) is 2.24. The summed E-state index contributed by atoms with van der Waals surface area (Å²) in [6, 6.07) is 1.38. The van der Waals surface area contributed by atoms with Crippen LogP contribution in [0, 0.1) is 0 Å². The lowest BCUT2D eigenvalue weighted by Crippen LogP contribution is -3.14. The van der Waals surface area contributed by atoms with Gasteiger partial charge in [-0.3, -0.25) is 10.7 Å². The van der Waals surface area contributed by atoms with Crippen molar-refractivity contribution in [3.05, 3.63) is 11.8 Å². The van der Waals surface area contributed by atoms with E-state index in [2.05, 4.69) is 18.6 Å². The lowest BCUT2D eigenvalue weighted by molar-refractivity contribution is -0.911. The topological polar surface area (TPSA) is 36.7 Å². The average molecular weight is 155 g/mol. The summed E-state index contributed by atoms with van der Waals surface area (Å²) in [5.41, 5.74) is 3.29. The molecule has 0 aromatic carbocycles. The number of likely N-dealkylation sites (N-methyl/N-ethyl adjacent to an activating group) is 1. The molecule has 0 spiro atoms. The molecule has 0 aromatic heterocycles. The Morgan fingerprint density at radius 2 is 2.45 bits per heavy atom. The molecule has 2 bridgehead atoms. The van der Waals surface area contributed by atoms with Gasteiger partial charge < -0.3 is 4.90 Å². The minimum atomic E-state index is 0.642. The van der Waals surface area contributed by atoms with Crippen LogP contribution in [-0.4, -0.2) is 24.3 Å². The van der Waals surface area contributed by atoms with Crippen LogP contribution in [0.1, 0.15) is 19.3 Å². The van der Waals surface area contributed by atoms with Crippen LogP contribution in [0.5, 0.6) is 0 Å². The molecule has 1 saturated heterocycles. The second kappa shape index (κ2) is 2.50. The van der Waals surface area contributed by atoms with Crippen molar-refractivity contribution >= 4 is 0 Å². The zero-order valence-electron chi connectivity index (χ0n) is 6.80. The zero-order valence-corrected chi connectivity index (χ0v) is 6.80. The molecule has 2 aliphatic heterocycles. The largest absolute Gasteiger partial charge is 0.329 e. The first kappa shape index (κ1) is 7.13. The lowest BCUT2D eigenvalue weighted by atomic mass is 10.1. The Balaban J connectivity index is 2.17. The molecular weight excluding hydrogens is 140 g/mol. The van der Waals surface area contributed by atoms with Gasteiger partial charge in [-0.25, -0.2) is 0 Å². The van der Waals surface area contributed by atoms with Crippen LogP contribution < -0.4 is 10.4 Å². The Labute approximate surface area is 66.7 Å². The third-order valence-corrected chi connectivity index (χ3v) is 3.07. The number of hydroxylamine groups is 1. The van der Waals surface area contributed by atoms with Gasteiger partial charge in [0.1, 0.15) is 6.04 Å². The first-order valence-electron chi connectivity index (χ1n) is 4.25. The number of hydrogen-bond donors (Lipinski definition) is 3. The van der Waals surface area contributed by atoms with Crippen molar-refractivity contribution in [2.24, 2.45) is 0 Å². The molecule has 3 atom stereocenters. The van der Waals surface area contributed by atoms with E-state index in [0.29, 0.717) is 6.04 Å². The van der Waals surface area contributed by atoms with E-state index in [1.165, 1.54) is 12.8 Å². The van der Waals surface area contributed by atoms with Crippen molar-refractivity contribution in [2.45, 2.75) is 31.3 Å². The van der Waals surface area contributed by atoms with Crippen molar-refractivity contribution in [3.8, 4) is 0 Å². The quantitative estimate of drug-likeness (QED) is 0.438. The van der Waals surface area contributed by atoms with E-state index in [4.69, 9.17) is 5.21 Å². The Morgan fingerprint density at radius 3 is 3.09 bits per heavy atom. The molecule has 3 N–H and O–H groups in total. The molecule has 0 aromatic rings. The number of hydrogen-bond acceptors (Lipinski definition) is 2. The standard InChI is InChI=1S/C8H14N2O/c1-10-7-2-3-8(10)5-6(4-7)9-11/h4,7-9,11H,2-3,5H2,1H3/p+1/t7-,8+/m0/s1. The Morgan fingerprint density at radius 1 is 1.64 bits per heavy atom. The third-order valence-electron chi connectivity index (χ3n) is 3.07. The van der Waals surface area contributed by atoms with Gasteiger partial charge in [-0.2, -0.15) is 0 Å². The van der Waals surface area contributed by atoms with Gasteiger partial charge in [0.25, 0.3) is 0 Å². The van der Waals surface area contributed by atoms with Crippen LogP contribution in [0.15, 0.2) is 11.8 Å². The fraction of sp³-hybridized carbons (Fsp3) is 0.750. The predicted octanol–water partition coefficient (Wildman–Crippen LogP) is -0.701. The maximum Gasteiger partial charge on any atom is 0.108 e. The van der Waals surface area contributed by atoms with E-state index in [0.717, 1.165) is 18.2 Å². The molecule has 2 aliphatic rings. The highest BCUT2D eigenvalue weighted by Crippen LogP contribution is 2.19. The third kappa shape index (κ3) is 1.04. The smallest absolute Gasteiger partial charge is 0.108 e. The number of nitrogens with one attached hydrogen (secondary N) is 2. The van der Waals surface area contributed by atoms with Crippen molar-refractivity contribution in [1.82, 2.24) is 5.48 Å². The van der Waals surface area contributed by atoms with Crippen LogP contribution in [0.25, 0.3) is 0 Å². The van der Waals surface area contributed by atoms with Gasteiger partial charge in [0.05, 0.1) is 13.1 Å². The van der Waals surface area contributed by atoms with E-state index in [-0.39, 0.29) is 0 Å². The van der Waals surface area contributed by atoms with E-state index in [1.807, 2.05) is 0 Å². The van der Waals surface area contributed by atoms with Crippen LogP contribution in [0.2, 0.25) is 0 Å². The molecule has 0 saturated carbocycles. The monoisotopic (exact) mass is 155 g/mol. The lowest BCUT2D eigenvalue weighted by Gasteiger charge is -2.26. The number of rotatable bonds is 1. The second-order valence-corrected chi connectivity index (χ2v) is 3.63. The minimum absolute atomic E-state index is 0.642. The molecule has 3 heteroatoms. The summed E-state index contributed by atoms with van der Waals surface area (Å²) in [6.07, 6.45) is 5.76. The molecule has 3 nitrogen and oxygen atoms in total. The molecule has 11 heavy (non-hydrogen) atoms. The number of fused-ring (bicyclic) bond motifs is 2. The highest BCUT2D eigenvalue weighted by atomic mass is 16.5. The maximum atomic E-state index is 8.71. The maximum absolute atomic E-state index is 8.71. The van der Waals surface area contributed by atoms with Gasteiger partial charge in [0.15, 0.2) is 0 Å². The van der Waals surface area contributed by atoms with Crippen molar-refractivity contribution < 1.29 is 10.1 Å². The van der Waals surface area contributed by atoms with Gasteiger partial charge in [-0.1, -0.05) is 0 Å². The molecule has 0 aliphatic carbocycles. The molecule has 1 unspecified atom stereocenters. The van der Waals surface area contributed by atoms with Crippen molar-refractivity contribution in [2.75, 3.05) is 7.05 Å². The molecule has 1 fully saturated rings. The fourth-order valence-electron chi connectivity index (χ4n) is 2.28. The predicted molar refractivity (Wildman–Crippen MR) is 41.3 cm³/mol. The van der Waals surface area contributed by atoms with Gasteiger partial charge in [0.2, 0.25) is 0 Å². The normalized spacial score (nSPS) is 42.0. The Hall–Kier alpha value is -0.540. The zero-order chi connectivity index (χ0) is 7.84. The van der Waals surface area contributed by atoms with Crippen LogP contribution in [-0.2, 0) is 0 Å².